The molecule has 3 rings (SSSR count). The van der Waals surface area contributed by atoms with Crippen LogP contribution in [0.25, 0.3) is 22.3 Å². The number of aryl methyl sites for hydroxylation is 1. The number of pyridine rings is 3. The van der Waals surface area contributed by atoms with Gasteiger partial charge in [0.25, 0.3) is 0 Å². The van der Waals surface area contributed by atoms with Crippen LogP contribution in [0.1, 0.15) is 11.3 Å². The van der Waals surface area contributed by atoms with Crippen LogP contribution in [0.4, 0.5) is 5.69 Å². The van der Waals surface area contributed by atoms with Gasteiger partial charge in [0, 0.05) is 23.7 Å². The summed E-state index contributed by atoms with van der Waals surface area (Å²) in [6.45, 7) is 5.83. The number of nitrogen functional groups attached to an aromatic ring is 1. The highest BCUT2D eigenvalue weighted by atomic mass is 14.8. The van der Waals surface area contributed by atoms with E-state index < -0.39 is 0 Å². The van der Waals surface area contributed by atoms with Crippen LogP contribution in [0.15, 0.2) is 36.7 Å². The second-order valence-corrected chi connectivity index (χ2v) is 4.46. The van der Waals surface area contributed by atoms with E-state index in [0.717, 1.165) is 22.3 Å². The van der Waals surface area contributed by atoms with Crippen LogP contribution < -0.4 is 5.73 Å². The summed E-state index contributed by atoms with van der Waals surface area (Å²) in [6.07, 6.45) is 3.56. The molecule has 93 valence electrons. The number of fused-ring (bicyclic) bond motifs is 1. The first-order valence-corrected chi connectivity index (χ1v) is 5.95. The van der Waals surface area contributed by atoms with Crippen LogP contribution in [0.5, 0.6) is 0 Å². The van der Waals surface area contributed by atoms with Crippen LogP contribution in [-0.2, 0) is 0 Å². The normalized spacial score (nSPS) is 10.8. The van der Waals surface area contributed by atoms with E-state index in [2.05, 4.69) is 21.9 Å². The van der Waals surface area contributed by atoms with Gasteiger partial charge in [-0.25, -0.2) is 9.97 Å². The van der Waals surface area contributed by atoms with Crippen molar-refractivity contribution in [2.75, 3.05) is 5.73 Å². The monoisotopic (exact) mass is 249 g/mol. The Hall–Kier alpha value is -2.49. The SMILES string of the molecule is [CH2]c1ccc2nc(-c3cnccc3C)cc(N)c2n1. The van der Waals surface area contributed by atoms with E-state index in [1.54, 1.807) is 12.4 Å². The van der Waals surface area contributed by atoms with E-state index in [9.17, 15) is 0 Å². The van der Waals surface area contributed by atoms with Gasteiger partial charge in [0.15, 0.2) is 0 Å². The standard InChI is InChI=1S/C15H13N4/c1-9-5-6-17-8-11(9)14-7-12(16)15-13(19-14)4-3-10(2)18-15/h3-8H,2H2,1H3,(H2,16,19). The first-order chi connectivity index (χ1) is 9.15. The van der Waals surface area contributed by atoms with Crippen molar-refractivity contribution in [2.45, 2.75) is 6.92 Å². The maximum absolute atomic E-state index is 6.06. The fraction of sp³-hybridized carbons (Fsp3) is 0.0667. The van der Waals surface area contributed by atoms with Gasteiger partial charge in [-0.1, -0.05) is 0 Å². The molecular formula is C15H13N4. The summed E-state index contributed by atoms with van der Waals surface area (Å²) in [7, 11) is 0. The first-order valence-electron chi connectivity index (χ1n) is 5.95. The summed E-state index contributed by atoms with van der Waals surface area (Å²) in [4.78, 5) is 13.1. The Balaban J connectivity index is 2.27. The molecule has 3 aromatic rings. The molecule has 0 saturated carbocycles. The number of rotatable bonds is 1. The number of hydrogen-bond acceptors (Lipinski definition) is 4. The Morgan fingerprint density at radius 3 is 2.79 bits per heavy atom. The minimum absolute atomic E-state index is 0.605. The summed E-state index contributed by atoms with van der Waals surface area (Å²) in [6, 6.07) is 7.50. The molecule has 0 aliphatic rings. The van der Waals surface area contributed by atoms with Gasteiger partial charge in [-0.15, -0.1) is 0 Å². The summed E-state index contributed by atoms with van der Waals surface area (Å²) in [5, 5.41) is 0. The van der Waals surface area contributed by atoms with Gasteiger partial charge in [-0.2, -0.15) is 0 Å². The molecule has 0 fully saturated rings. The molecule has 3 aromatic heterocycles. The highest BCUT2D eigenvalue weighted by Gasteiger charge is 2.08. The average molecular weight is 249 g/mol. The Bertz CT molecular complexity index is 765. The van der Waals surface area contributed by atoms with E-state index in [1.165, 1.54) is 0 Å². The molecule has 3 heterocycles. The van der Waals surface area contributed by atoms with E-state index in [4.69, 9.17) is 5.73 Å². The molecule has 0 aliphatic heterocycles. The van der Waals surface area contributed by atoms with Gasteiger partial charge >= 0.3 is 0 Å². The maximum atomic E-state index is 6.06. The Labute approximate surface area is 111 Å². The van der Waals surface area contributed by atoms with Gasteiger partial charge in [0.1, 0.15) is 5.52 Å². The lowest BCUT2D eigenvalue weighted by atomic mass is 10.1. The van der Waals surface area contributed by atoms with Crippen molar-refractivity contribution >= 4 is 16.7 Å². The van der Waals surface area contributed by atoms with Gasteiger partial charge in [0.05, 0.1) is 16.9 Å². The Morgan fingerprint density at radius 1 is 1.16 bits per heavy atom. The van der Waals surface area contributed by atoms with Gasteiger partial charge in [-0.05, 0) is 43.7 Å². The Kier molecular flexibility index (Phi) is 2.63. The zero-order valence-electron chi connectivity index (χ0n) is 10.6. The van der Waals surface area contributed by atoms with Crippen LogP contribution in [0.3, 0.4) is 0 Å². The minimum Gasteiger partial charge on any atom is -0.397 e. The molecular weight excluding hydrogens is 236 g/mol. The molecule has 1 radical (unpaired) electrons. The molecule has 0 spiro atoms. The fourth-order valence-corrected chi connectivity index (χ4v) is 2.04. The smallest absolute Gasteiger partial charge is 0.112 e. The third-order valence-corrected chi connectivity index (χ3v) is 3.05. The minimum atomic E-state index is 0.605. The quantitative estimate of drug-likeness (QED) is 0.720. The van der Waals surface area contributed by atoms with E-state index in [1.807, 2.05) is 31.2 Å². The highest BCUT2D eigenvalue weighted by molar-refractivity contribution is 5.89. The van der Waals surface area contributed by atoms with Gasteiger partial charge < -0.3 is 5.73 Å². The van der Waals surface area contributed by atoms with Crippen molar-refractivity contribution in [1.82, 2.24) is 15.0 Å². The lowest BCUT2D eigenvalue weighted by Crippen LogP contribution is -1.97. The van der Waals surface area contributed by atoms with Crippen LogP contribution in [0, 0.1) is 13.8 Å². The number of nitrogens with zero attached hydrogens (tertiary/aromatic N) is 3. The number of anilines is 1. The third kappa shape index (κ3) is 2.01. The van der Waals surface area contributed by atoms with Gasteiger partial charge in [-0.3, -0.25) is 4.98 Å². The maximum Gasteiger partial charge on any atom is 0.112 e. The molecule has 0 unspecified atom stereocenters. The van der Waals surface area contributed by atoms with Crippen molar-refractivity contribution in [2.24, 2.45) is 0 Å². The first kappa shape index (κ1) is 11.6. The van der Waals surface area contributed by atoms with Crippen molar-refractivity contribution in [3.63, 3.8) is 0 Å². The Morgan fingerprint density at radius 2 is 2.00 bits per heavy atom. The molecule has 0 aromatic carbocycles. The van der Waals surface area contributed by atoms with Crippen molar-refractivity contribution in [3.05, 3.63) is 54.8 Å². The average Bonchev–Trinajstić information content (AvgIpc) is 2.40. The number of aromatic nitrogens is 3. The second kappa shape index (κ2) is 4.31. The molecule has 0 amide bonds. The topological polar surface area (TPSA) is 64.7 Å². The molecule has 2 N–H and O–H groups in total. The lowest BCUT2D eigenvalue weighted by molar-refractivity contribution is 1.25. The summed E-state index contributed by atoms with van der Waals surface area (Å²) >= 11 is 0. The number of hydrogen-bond donors (Lipinski definition) is 1. The predicted octanol–water partition coefficient (Wildman–Crippen LogP) is 2.76. The lowest BCUT2D eigenvalue weighted by Gasteiger charge is -2.08. The van der Waals surface area contributed by atoms with E-state index >= 15 is 0 Å². The zero-order valence-corrected chi connectivity index (χ0v) is 10.6. The molecule has 19 heavy (non-hydrogen) atoms. The fourth-order valence-electron chi connectivity index (χ4n) is 2.04. The van der Waals surface area contributed by atoms with Crippen LogP contribution in [-0.4, -0.2) is 15.0 Å². The highest BCUT2D eigenvalue weighted by Crippen LogP contribution is 2.26. The predicted molar refractivity (Wildman–Crippen MR) is 76.4 cm³/mol. The number of nitrogens with two attached hydrogens (primary N) is 1. The van der Waals surface area contributed by atoms with Crippen LogP contribution in [0.2, 0.25) is 0 Å². The molecule has 4 heteroatoms. The van der Waals surface area contributed by atoms with E-state index in [0.29, 0.717) is 16.9 Å². The van der Waals surface area contributed by atoms with Crippen molar-refractivity contribution in [1.29, 1.82) is 0 Å². The molecule has 0 saturated heterocycles. The summed E-state index contributed by atoms with van der Waals surface area (Å²) < 4.78 is 0. The zero-order chi connectivity index (χ0) is 13.4. The van der Waals surface area contributed by atoms with Crippen molar-refractivity contribution in [3.8, 4) is 11.3 Å². The summed E-state index contributed by atoms with van der Waals surface area (Å²) in [5.74, 6) is 0. The molecule has 0 atom stereocenters. The van der Waals surface area contributed by atoms with Crippen molar-refractivity contribution < 1.29 is 0 Å². The van der Waals surface area contributed by atoms with E-state index in [-0.39, 0.29) is 0 Å². The molecule has 4 nitrogen and oxygen atoms in total. The summed E-state index contributed by atoms with van der Waals surface area (Å²) in [5.41, 5.74) is 11.7. The second-order valence-electron chi connectivity index (χ2n) is 4.46. The van der Waals surface area contributed by atoms with Crippen LogP contribution >= 0.6 is 0 Å². The molecule has 0 aliphatic carbocycles. The van der Waals surface area contributed by atoms with Gasteiger partial charge in [0.2, 0.25) is 0 Å². The third-order valence-electron chi connectivity index (χ3n) is 3.05. The largest absolute Gasteiger partial charge is 0.397 e. The molecule has 0 bridgehead atoms.